The van der Waals surface area contributed by atoms with Crippen molar-refractivity contribution in [3.63, 3.8) is 0 Å². The molecule has 160 valence electrons. The SMILES string of the molecule is CCNC(=NCc1ccc(-n2cccn2)cc1)NCC1(CCOC)CCCC1.I. The Morgan fingerprint density at radius 1 is 1.21 bits per heavy atom. The number of hydrogen-bond acceptors (Lipinski definition) is 3. The van der Waals surface area contributed by atoms with Crippen molar-refractivity contribution in [3.05, 3.63) is 48.3 Å². The first-order valence-corrected chi connectivity index (χ1v) is 10.3. The first-order chi connectivity index (χ1) is 13.7. The minimum atomic E-state index is 0. The quantitative estimate of drug-likeness (QED) is 0.302. The molecule has 29 heavy (non-hydrogen) atoms. The summed E-state index contributed by atoms with van der Waals surface area (Å²) in [6.45, 7) is 5.40. The van der Waals surface area contributed by atoms with E-state index in [4.69, 9.17) is 9.73 Å². The van der Waals surface area contributed by atoms with Crippen LogP contribution in [0, 0.1) is 5.41 Å². The predicted molar refractivity (Wildman–Crippen MR) is 129 cm³/mol. The molecular weight excluding hydrogens is 477 g/mol. The summed E-state index contributed by atoms with van der Waals surface area (Å²) in [6, 6.07) is 10.3. The van der Waals surface area contributed by atoms with Gasteiger partial charge in [0.25, 0.3) is 0 Å². The second-order valence-corrected chi connectivity index (χ2v) is 7.62. The molecule has 0 amide bonds. The van der Waals surface area contributed by atoms with E-state index < -0.39 is 0 Å². The van der Waals surface area contributed by atoms with Crippen molar-refractivity contribution >= 4 is 29.9 Å². The van der Waals surface area contributed by atoms with Crippen LogP contribution in [0.5, 0.6) is 0 Å². The van der Waals surface area contributed by atoms with E-state index in [1.165, 1.54) is 31.2 Å². The summed E-state index contributed by atoms with van der Waals surface area (Å²) in [6.07, 6.45) is 10.0. The third-order valence-corrected chi connectivity index (χ3v) is 5.60. The topological polar surface area (TPSA) is 63.5 Å². The zero-order valence-corrected chi connectivity index (χ0v) is 19.9. The van der Waals surface area contributed by atoms with Gasteiger partial charge in [-0.25, -0.2) is 9.67 Å². The summed E-state index contributed by atoms with van der Waals surface area (Å²) in [5.74, 6) is 0.891. The number of guanidine groups is 1. The van der Waals surface area contributed by atoms with Crippen LogP contribution in [0.2, 0.25) is 0 Å². The number of methoxy groups -OCH3 is 1. The Kier molecular flexibility index (Phi) is 9.93. The zero-order valence-electron chi connectivity index (χ0n) is 17.6. The van der Waals surface area contributed by atoms with Gasteiger partial charge in [-0.3, -0.25) is 0 Å². The second-order valence-electron chi connectivity index (χ2n) is 7.62. The molecule has 0 atom stereocenters. The third kappa shape index (κ3) is 6.99. The number of halogens is 1. The average Bonchev–Trinajstić information content (AvgIpc) is 3.42. The van der Waals surface area contributed by atoms with Gasteiger partial charge in [0.15, 0.2) is 5.96 Å². The molecule has 0 bridgehead atoms. The molecule has 1 aromatic heterocycles. The van der Waals surface area contributed by atoms with Crippen LogP contribution in [0.25, 0.3) is 5.69 Å². The Morgan fingerprint density at radius 3 is 2.59 bits per heavy atom. The highest BCUT2D eigenvalue weighted by Crippen LogP contribution is 2.40. The van der Waals surface area contributed by atoms with Crippen molar-refractivity contribution in [3.8, 4) is 5.69 Å². The van der Waals surface area contributed by atoms with Gasteiger partial charge >= 0.3 is 0 Å². The molecule has 1 heterocycles. The van der Waals surface area contributed by atoms with Crippen LogP contribution >= 0.6 is 24.0 Å². The summed E-state index contributed by atoms with van der Waals surface area (Å²) in [4.78, 5) is 4.79. The Balaban J connectivity index is 0.00000300. The molecule has 2 aromatic rings. The van der Waals surface area contributed by atoms with Gasteiger partial charge in [-0.15, -0.1) is 24.0 Å². The van der Waals surface area contributed by atoms with Gasteiger partial charge in [-0.05, 0) is 55.4 Å². The maximum absolute atomic E-state index is 5.35. The van der Waals surface area contributed by atoms with Crippen LogP contribution < -0.4 is 10.6 Å². The van der Waals surface area contributed by atoms with E-state index in [1.807, 2.05) is 16.9 Å². The molecule has 1 fully saturated rings. The molecule has 1 saturated carbocycles. The van der Waals surface area contributed by atoms with Crippen molar-refractivity contribution in [2.24, 2.45) is 10.4 Å². The molecule has 3 rings (SSSR count). The molecule has 1 aromatic carbocycles. The lowest BCUT2D eigenvalue weighted by molar-refractivity contribution is 0.138. The lowest BCUT2D eigenvalue weighted by atomic mass is 9.83. The first-order valence-electron chi connectivity index (χ1n) is 10.3. The molecule has 1 aliphatic rings. The number of aromatic nitrogens is 2. The van der Waals surface area contributed by atoms with Crippen LogP contribution in [-0.4, -0.2) is 42.5 Å². The standard InChI is InChI=1S/C22H33N5O.HI/c1-3-23-21(25-18-22(13-16-28-2)11-4-5-12-22)24-17-19-7-9-20(10-8-19)27-15-6-14-26-27;/h6-10,14-15H,3-5,11-13,16-18H2,1-2H3,(H2,23,24,25);1H. The molecule has 0 spiro atoms. The number of hydrogen-bond donors (Lipinski definition) is 2. The number of nitrogens with one attached hydrogen (secondary N) is 2. The van der Waals surface area contributed by atoms with E-state index in [1.54, 1.807) is 13.3 Å². The lowest BCUT2D eigenvalue weighted by Crippen LogP contribution is -2.43. The smallest absolute Gasteiger partial charge is 0.191 e. The number of nitrogens with zero attached hydrogens (tertiary/aromatic N) is 3. The Morgan fingerprint density at radius 2 is 1.97 bits per heavy atom. The number of aliphatic imine (C=N–C) groups is 1. The van der Waals surface area contributed by atoms with Gasteiger partial charge in [0.1, 0.15) is 0 Å². The Bertz CT molecular complexity index is 724. The van der Waals surface area contributed by atoms with E-state index in [0.29, 0.717) is 12.0 Å². The zero-order chi connectivity index (χ0) is 19.7. The van der Waals surface area contributed by atoms with Gasteiger partial charge < -0.3 is 15.4 Å². The van der Waals surface area contributed by atoms with Crippen LogP contribution in [0.1, 0.15) is 44.6 Å². The first kappa shape index (κ1) is 23.7. The van der Waals surface area contributed by atoms with Gasteiger partial charge in [0.05, 0.1) is 12.2 Å². The highest BCUT2D eigenvalue weighted by Gasteiger charge is 2.33. The van der Waals surface area contributed by atoms with Gasteiger partial charge in [0, 0.05) is 39.2 Å². The Hall–Kier alpha value is -1.61. The second kappa shape index (κ2) is 12.2. The molecule has 0 aliphatic heterocycles. The number of benzene rings is 1. The van der Waals surface area contributed by atoms with Gasteiger partial charge in [-0.2, -0.15) is 5.10 Å². The normalized spacial score (nSPS) is 15.7. The lowest BCUT2D eigenvalue weighted by Gasteiger charge is -2.30. The minimum absolute atomic E-state index is 0. The molecule has 7 heteroatoms. The summed E-state index contributed by atoms with van der Waals surface area (Å²) >= 11 is 0. The van der Waals surface area contributed by atoms with Crippen molar-refractivity contribution in [2.45, 2.75) is 45.6 Å². The van der Waals surface area contributed by atoms with Gasteiger partial charge in [0.2, 0.25) is 0 Å². The molecule has 0 unspecified atom stereocenters. The third-order valence-electron chi connectivity index (χ3n) is 5.60. The molecular formula is C22H34IN5O. The summed E-state index contributed by atoms with van der Waals surface area (Å²) in [5, 5.41) is 11.2. The molecule has 0 saturated heterocycles. The van der Waals surface area contributed by atoms with E-state index in [2.05, 4.69) is 46.9 Å². The van der Waals surface area contributed by atoms with Crippen LogP contribution in [0.3, 0.4) is 0 Å². The van der Waals surface area contributed by atoms with E-state index in [-0.39, 0.29) is 24.0 Å². The van der Waals surface area contributed by atoms with Crippen LogP contribution in [0.15, 0.2) is 47.7 Å². The largest absolute Gasteiger partial charge is 0.385 e. The summed E-state index contributed by atoms with van der Waals surface area (Å²) < 4.78 is 7.21. The maximum Gasteiger partial charge on any atom is 0.191 e. The van der Waals surface area contributed by atoms with E-state index in [0.717, 1.165) is 37.8 Å². The highest BCUT2D eigenvalue weighted by molar-refractivity contribution is 14.0. The van der Waals surface area contributed by atoms with Crippen molar-refractivity contribution in [1.82, 2.24) is 20.4 Å². The fourth-order valence-corrected chi connectivity index (χ4v) is 3.92. The van der Waals surface area contributed by atoms with E-state index in [9.17, 15) is 0 Å². The molecule has 0 radical (unpaired) electrons. The number of rotatable bonds is 9. The molecule has 2 N–H and O–H groups in total. The van der Waals surface area contributed by atoms with Crippen molar-refractivity contribution in [1.29, 1.82) is 0 Å². The molecule has 6 nitrogen and oxygen atoms in total. The van der Waals surface area contributed by atoms with Gasteiger partial charge in [-0.1, -0.05) is 25.0 Å². The van der Waals surface area contributed by atoms with Crippen molar-refractivity contribution < 1.29 is 4.74 Å². The monoisotopic (exact) mass is 511 g/mol. The maximum atomic E-state index is 5.35. The van der Waals surface area contributed by atoms with E-state index >= 15 is 0 Å². The van der Waals surface area contributed by atoms with Crippen LogP contribution in [-0.2, 0) is 11.3 Å². The molecule has 1 aliphatic carbocycles. The summed E-state index contributed by atoms with van der Waals surface area (Å²) in [5.41, 5.74) is 2.59. The average molecular weight is 511 g/mol. The van der Waals surface area contributed by atoms with Crippen molar-refractivity contribution in [2.75, 3.05) is 26.8 Å². The fourth-order valence-electron chi connectivity index (χ4n) is 3.92. The number of ether oxygens (including phenoxy) is 1. The predicted octanol–water partition coefficient (Wildman–Crippen LogP) is 4.14. The fraction of sp³-hybridized carbons (Fsp3) is 0.545. The summed E-state index contributed by atoms with van der Waals surface area (Å²) in [7, 11) is 1.79. The Labute approximate surface area is 191 Å². The van der Waals surface area contributed by atoms with Crippen LogP contribution in [0.4, 0.5) is 0 Å². The highest BCUT2D eigenvalue weighted by atomic mass is 127. The minimum Gasteiger partial charge on any atom is -0.385 e.